The molecule has 0 fully saturated rings. The zero-order valence-electron chi connectivity index (χ0n) is 9.10. The first kappa shape index (κ1) is 12.8. The van der Waals surface area contributed by atoms with Gasteiger partial charge >= 0.3 is 5.97 Å². The highest BCUT2D eigenvalue weighted by molar-refractivity contribution is 5.85. The predicted octanol–water partition coefficient (Wildman–Crippen LogP) is 2.62. The Hall–Kier alpha value is -1.22. The van der Waals surface area contributed by atoms with Crippen molar-refractivity contribution in [3.8, 4) is 5.75 Å². The predicted molar refractivity (Wildman–Crippen MR) is 63.6 cm³/mol. The maximum Gasteiger partial charge on any atom is 0.310 e. The molecule has 0 spiro atoms. The van der Waals surface area contributed by atoms with Gasteiger partial charge in [0.1, 0.15) is 5.75 Å². The first-order valence-corrected chi connectivity index (χ1v) is 5.12. The van der Waals surface area contributed by atoms with Crippen LogP contribution in [0.2, 0.25) is 0 Å². The van der Waals surface area contributed by atoms with Crippen molar-refractivity contribution in [2.75, 3.05) is 7.11 Å². The molecule has 0 radical (unpaired) electrons. The Morgan fingerprint density at radius 1 is 1.50 bits per heavy atom. The maximum atomic E-state index is 11.1. The Balaban J connectivity index is 0.00000128. The van der Waals surface area contributed by atoms with Gasteiger partial charge in [-0.15, -0.1) is 12.4 Å². The van der Waals surface area contributed by atoms with Gasteiger partial charge in [-0.05, 0) is 42.5 Å². The minimum absolute atomic E-state index is 0. The number of carboxylic acids is 1. The summed E-state index contributed by atoms with van der Waals surface area (Å²) in [5.74, 6) is -0.352. The second-order valence-electron chi connectivity index (χ2n) is 3.85. The van der Waals surface area contributed by atoms with E-state index in [-0.39, 0.29) is 18.3 Å². The number of fused-ring (bicyclic) bond motifs is 1. The number of hydrogen-bond acceptors (Lipinski definition) is 2. The summed E-state index contributed by atoms with van der Waals surface area (Å²) in [4.78, 5) is 11.1. The number of carboxylic acid groups (broad SMARTS) is 1. The summed E-state index contributed by atoms with van der Waals surface area (Å²) in [7, 11) is 1.60. The standard InChI is InChI=1S/C12H14O3.ClH/c1-15-9-6-5-8-3-2-4-10(12(13)14)11(8)7-9;/h5-7,10H,2-4H2,1H3,(H,13,14);1H. The van der Waals surface area contributed by atoms with E-state index in [9.17, 15) is 4.79 Å². The van der Waals surface area contributed by atoms with Gasteiger partial charge in [-0.3, -0.25) is 4.79 Å². The summed E-state index contributed by atoms with van der Waals surface area (Å²) in [6, 6.07) is 5.72. The van der Waals surface area contributed by atoms with Crippen molar-refractivity contribution in [3.63, 3.8) is 0 Å². The van der Waals surface area contributed by atoms with Gasteiger partial charge in [0, 0.05) is 0 Å². The highest BCUT2D eigenvalue weighted by Gasteiger charge is 2.26. The Morgan fingerprint density at radius 2 is 2.25 bits per heavy atom. The van der Waals surface area contributed by atoms with Crippen LogP contribution in [0, 0.1) is 0 Å². The third kappa shape index (κ3) is 2.30. The summed E-state index contributed by atoms with van der Waals surface area (Å²) in [5, 5.41) is 9.11. The SMILES string of the molecule is COc1ccc2c(c1)C(C(=O)O)CCC2.Cl. The fraction of sp³-hybridized carbons (Fsp3) is 0.417. The van der Waals surface area contributed by atoms with Gasteiger partial charge in [0.05, 0.1) is 13.0 Å². The van der Waals surface area contributed by atoms with E-state index < -0.39 is 5.97 Å². The van der Waals surface area contributed by atoms with Crippen molar-refractivity contribution in [1.29, 1.82) is 0 Å². The molecule has 4 heteroatoms. The van der Waals surface area contributed by atoms with Gasteiger partial charge in [0.25, 0.3) is 0 Å². The van der Waals surface area contributed by atoms with Gasteiger partial charge in [-0.1, -0.05) is 6.07 Å². The lowest BCUT2D eigenvalue weighted by atomic mass is 9.83. The van der Waals surface area contributed by atoms with Crippen LogP contribution in [0.15, 0.2) is 18.2 Å². The Labute approximate surface area is 101 Å². The van der Waals surface area contributed by atoms with Crippen LogP contribution in [0.25, 0.3) is 0 Å². The smallest absolute Gasteiger partial charge is 0.310 e. The summed E-state index contributed by atoms with van der Waals surface area (Å²) >= 11 is 0. The molecule has 3 nitrogen and oxygen atoms in total. The van der Waals surface area contributed by atoms with Crippen molar-refractivity contribution in [3.05, 3.63) is 29.3 Å². The molecule has 88 valence electrons. The number of benzene rings is 1. The second kappa shape index (κ2) is 5.21. The van der Waals surface area contributed by atoms with Gasteiger partial charge in [-0.2, -0.15) is 0 Å². The van der Waals surface area contributed by atoms with E-state index in [0.29, 0.717) is 0 Å². The third-order valence-corrected chi connectivity index (χ3v) is 2.97. The van der Waals surface area contributed by atoms with Crippen LogP contribution in [0.4, 0.5) is 0 Å². The van der Waals surface area contributed by atoms with E-state index in [1.807, 2.05) is 18.2 Å². The van der Waals surface area contributed by atoms with E-state index >= 15 is 0 Å². The molecule has 2 rings (SSSR count). The molecule has 1 aliphatic carbocycles. The fourth-order valence-electron chi connectivity index (χ4n) is 2.16. The van der Waals surface area contributed by atoms with Crippen LogP contribution in [-0.2, 0) is 11.2 Å². The molecule has 0 saturated heterocycles. The van der Waals surface area contributed by atoms with Crippen molar-refractivity contribution in [2.45, 2.75) is 25.2 Å². The molecule has 0 aromatic heterocycles. The molecule has 1 aliphatic rings. The summed E-state index contributed by atoms with van der Waals surface area (Å²) in [6.45, 7) is 0. The van der Waals surface area contributed by atoms with Crippen molar-refractivity contribution in [2.24, 2.45) is 0 Å². The van der Waals surface area contributed by atoms with E-state index in [1.54, 1.807) is 7.11 Å². The van der Waals surface area contributed by atoms with Gasteiger partial charge in [-0.25, -0.2) is 0 Å². The minimum Gasteiger partial charge on any atom is -0.497 e. The number of aryl methyl sites for hydroxylation is 1. The summed E-state index contributed by atoms with van der Waals surface area (Å²) in [6.07, 6.45) is 2.66. The largest absolute Gasteiger partial charge is 0.497 e. The molecular formula is C12H15ClO3. The number of carbonyl (C=O) groups is 1. The molecule has 16 heavy (non-hydrogen) atoms. The Morgan fingerprint density at radius 3 is 2.88 bits per heavy atom. The van der Waals surface area contributed by atoms with Crippen LogP contribution >= 0.6 is 12.4 Å². The normalized spacial score (nSPS) is 18.2. The summed E-state index contributed by atoms with van der Waals surface area (Å²) < 4.78 is 5.12. The van der Waals surface area contributed by atoms with Crippen LogP contribution in [0.5, 0.6) is 5.75 Å². The van der Waals surface area contributed by atoms with E-state index in [4.69, 9.17) is 9.84 Å². The highest BCUT2D eigenvalue weighted by Crippen LogP contribution is 2.34. The monoisotopic (exact) mass is 242 g/mol. The molecule has 0 bridgehead atoms. The molecule has 0 aliphatic heterocycles. The number of rotatable bonds is 2. The van der Waals surface area contributed by atoms with Gasteiger partial charge < -0.3 is 9.84 Å². The minimum atomic E-state index is -0.732. The van der Waals surface area contributed by atoms with E-state index in [0.717, 1.165) is 36.1 Å². The molecule has 1 atom stereocenters. The zero-order valence-corrected chi connectivity index (χ0v) is 9.92. The number of aliphatic carboxylic acids is 1. The Bertz CT molecular complexity index is 390. The Kier molecular flexibility index (Phi) is 4.19. The first-order chi connectivity index (χ1) is 7.22. The average Bonchev–Trinajstić information content (AvgIpc) is 2.27. The summed E-state index contributed by atoms with van der Waals surface area (Å²) in [5.41, 5.74) is 2.07. The highest BCUT2D eigenvalue weighted by atomic mass is 35.5. The molecular weight excluding hydrogens is 228 g/mol. The fourth-order valence-corrected chi connectivity index (χ4v) is 2.16. The molecule has 1 N–H and O–H groups in total. The first-order valence-electron chi connectivity index (χ1n) is 5.12. The van der Waals surface area contributed by atoms with Gasteiger partial charge in [0.15, 0.2) is 0 Å². The maximum absolute atomic E-state index is 11.1. The van der Waals surface area contributed by atoms with Crippen molar-refractivity contribution in [1.82, 2.24) is 0 Å². The lowest BCUT2D eigenvalue weighted by molar-refractivity contribution is -0.139. The van der Waals surface area contributed by atoms with Crippen LogP contribution in [0.3, 0.4) is 0 Å². The van der Waals surface area contributed by atoms with Crippen LogP contribution in [0.1, 0.15) is 29.9 Å². The molecule has 0 saturated carbocycles. The lowest BCUT2D eigenvalue weighted by Crippen LogP contribution is -2.17. The van der Waals surface area contributed by atoms with Crippen molar-refractivity contribution < 1.29 is 14.6 Å². The van der Waals surface area contributed by atoms with E-state index in [2.05, 4.69) is 0 Å². The van der Waals surface area contributed by atoms with E-state index in [1.165, 1.54) is 0 Å². The average molecular weight is 243 g/mol. The molecule has 0 amide bonds. The zero-order chi connectivity index (χ0) is 10.8. The van der Waals surface area contributed by atoms with Crippen LogP contribution < -0.4 is 4.74 Å². The molecule has 0 heterocycles. The quantitative estimate of drug-likeness (QED) is 0.867. The molecule has 1 aromatic carbocycles. The van der Waals surface area contributed by atoms with Crippen molar-refractivity contribution >= 4 is 18.4 Å². The number of methoxy groups -OCH3 is 1. The third-order valence-electron chi connectivity index (χ3n) is 2.97. The molecule has 1 aromatic rings. The lowest BCUT2D eigenvalue weighted by Gasteiger charge is -2.22. The van der Waals surface area contributed by atoms with Crippen LogP contribution in [-0.4, -0.2) is 18.2 Å². The number of hydrogen-bond donors (Lipinski definition) is 1. The molecule has 1 unspecified atom stereocenters. The topological polar surface area (TPSA) is 46.5 Å². The second-order valence-corrected chi connectivity index (χ2v) is 3.85. The van der Waals surface area contributed by atoms with Gasteiger partial charge in [0.2, 0.25) is 0 Å². The number of halogens is 1. The number of ether oxygens (including phenoxy) is 1.